The predicted octanol–water partition coefficient (Wildman–Crippen LogP) is -0.735. The molecule has 0 amide bonds. The molecule has 0 spiro atoms. The first-order valence-corrected chi connectivity index (χ1v) is 4.17. The topological polar surface area (TPSA) is 69.2 Å². The van der Waals surface area contributed by atoms with Crippen LogP contribution in [0.3, 0.4) is 0 Å². The van der Waals surface area contributed by atoms with E-state index >= 15 is 0 Å². The summed E-state index contributed by atoms with van der Waals surface area (Å²) in [5, 5.41) is 28.6. The van der Waals surface area contributed by atoms with Gasteiger partial charge in [0.2, 0.25) is 0 Å². The molecule has 0 aromatic heterocycles. The second-order valence-electron chi connectivity index (χ2n) is 3.15. The zero-order valence-electron chi connectivity index (χ0n) is 9.40. The molecule has 13 heavy (non-hydrogen) atoms. The maximum Gasteiger partial charge on any atom is 3.00 e. The van der Waals surface area contributed by atoms with Crippen LogP contribution in [0, 0.1) is 40.4 Å². The van der Waals surface area contributed by atoms with Crippen molar-refractivity contribution >= 4 is 0 Å². The summed E-state index contributed by atoms with van der Waals surface area (Å²) in [6.45, 7) is 9.67. The second-order valence-corrected chi connectivity index (χ2v) is 3.15. The molecule has 3 nitrogen and oxygen atoms in total. The maximum absolute atomic E-state index is 9.53. The Morgan fingerprint density at radius 1 is 0.538 bits per heavy atom. The minimum atomic E-state index is -0.417. The molecule has 0 fully saturated rings. The quantitative estimate of drug-likeness (QED) is 0.590. The van der Waals surface area contributed by atoms with Crippen LogP contribution < -0.4 is 15.3 Å². The van der Waals surface area contributed by atoms with Crippen LogP contribution in [0.2, 0.25) is 0 Å². The van der Waals surface area contributed by atoms with E-state index in [-0.39, 0.29) is 40.4 Å². The minimum Gasteiger partial charge on any atom is -0.852 e. The van der Waals surface area contributed by atoms with Crippen LogP contribution in [-0.4, -0.2) is 18.3 Å². The van der Waals surface area contributed by atoms with Crippen molar-refractivity contribution < 1.29 is 55.7 Å². The van der Waals surface area contributed by atoms with Gasteiger partial charge >= 0.3 is 40.4 Å². The Hall–Kier alpha value is 1.22. The monoisotopic (exact) mass is 322 g/mol. The van der Waals surface area contributed by atoms with Crippen LogP contribution in [0.5, 0.6) is 0 Å². The van der Waals surface area contributed by atoms with Crippen molar-refractivity contribution in [2.75, 3.05) is 0 Å². The molecule has 0 aliphatic heterocycles. The van der Waals surface area contributed by atoms with E-state index in [9.17, 15) is 15.3 Å². The van der Waals surface area contributed by atoms with Crippen molar-refractivity contribution in [2.24, 2.45) is 0 Å². The van der Waals surface area contributed by atoms with Crippen LogP contribution >= 0.6 is 0 Å². The summed E-state index contributed by atoms with van der Waals surface area (Å²) in [6, 6.07) is 0. The second kappa shape index (κ2) is 18.9. The Morgan fingerprint density at radius 2 is 0.538 bits per heavy atom. The Morgan fingerprint density at radius 3 is 0.538 bits per heavy atom. The van der Waals surface area contributed by atoms with Crippen LogP contribution in [0.1, 0.15) is 41.5 Å². The summed E-state index contributed by atoms with van der Waals surface area (Å²) in [4.78, 5) is 0. The summed E-state index contributed by atoms with van der Waals surface area (Å²) in [5.74, 6) is 0. The van der Waals surface area contributed by atoms with E-state index in [0.29, 0.717) is 0 Å². The van der Waals surface area contributed by atoms with E-state index in [1.54, 1.807) is 41.5 Å². The van der Waals surface area contributed by atoms with Gasteiger partial charge in [-0.3, -0.25) is 0 Å². The van der Waals surface area contributed by atoms with Gasteiger partial charge in [-0.1, -0.05) is 41.5 Å². The first kappa shape index (κ1) is 23.8. The molecule has 0 aromatic carbocycles. The Balaban J connectivity index is -0.0000000450. The molecule has 0 saturated heterocycles. The van der Waals surface area contributed by atoms with Gasteiger partial charge in [0.15, 0.2) is 0 Å². The number of rotatable bonds is 0. The van der Waals surface area contributed by atoms with Gasteiger partial charge in [0.05, 0.1) is 0 Å². The van der Waals surface area contributed by atoms with Crippen LogP contribution in [-0.2, 0) is 0 Å². The fourth-order valence-electron chi connectivity index (χ4n) is 0. The molecule has 0 bridgehead atoms. The summed E-state index contributed by atoms with van der Waals surface area (Å²) >= 11 is 0. The maximum atomic E-state index is 9.53. The van der Waals surface area contributed by atoms with Gasteiger partial charge in [0.25, 0.3) is 0 Å². The molecule has 4 heteroatoms. The molecule has 0 N–H and O–H groups in total. The number of hydrogen-bond donors (Lipinski definition) is 0. The van der Waals surface area contributed by atoms with Crippen molar-refractivity contribution in [2.45, 2.75) is 59.9 Å². The molecule has 80 valence electrons. The molecule has 0 atom stereocenters. The molecule has 0 saturated carbocycles. The van der Waals surface area contributed by atoms with Gasteiger partial charge in [-0.05, 0) is 0 Å². The fourth-order valence-corrected chi connectivity index (χ4v) is 0. The van der Waals surface area contributed by atoms with Crippen molar-refractivity contribution in [3.05, 3.63) is 0 Å². The van der Waals surface area contributed by atoms with E-state index in [0.717, 1.165) is 0 Å². The van der Waals surface area contributed by atoms with E-state index < -0.39 is 18.3 Å². The minimum absolute atomic E-state index is 0. The molecule has 0 rings (SSSR count). The third kappa shape index (κ3) is 1120. The van der Waals surface area contributed by atoms with Crippen LogP contribution in [0.4, 0.5) is 0 Å². The molecular formula is C9H21O3Pm. The fraction of sp³-hybridized carbons (Fsp3) is 1.00. The van der Waals surface area contributed by atoms with E-state index in [1.807, 2.05) is 0 Å². The van der Waals surface area contributed by atoms with Gasteiger partial charge in [-0.25, -0.2) is 0 Å². The standard InChI is InChI=1S/3C3H7O.Pm/c3*1-3(2)4;/h3*3H,1-2H3;/q3*-1;+3. The largest absolute Gasteiger partial charge is 3.00 e. The zero-order chi connectivity index (χ0) is 10.7. The Labute approximate surface area is 115 Å². The first-order chi connectivity index (χ1) is 5.20. The smallest absolute Gasteiger partial charge is 0.852 e. The average Bonchev–Trinajstić information content (AvgIpc) is 1.54. The van der Waals surface area contributed by atoms with Crippen molar-refractivity contribution in [3.8, 4) is 0 Å². The molecule has 0 unspecified atom stereocenters. The molecule has 0 aliphatic carbocycles. The summed E-state index contributed by atoms with van der Waals surface area (Å²) in [5.41, 5.74) is 0. The van der Waals surface area contributed by atoms with Crippen LogP contribution in [0.25, 0.3) is 0 Å². The average molecular weight is 322 g/mol. The molecule has 0 aliphatic rings. The molecule has 0 heterocycles. The SMILES string of the molecule is CC(C)[O-].CC(C)[O-].CC(C)[O-].[Pm+3]. The molecule has 0 aromatic rings. The summed E-state index contributed by atoms with van der Waals surface area (Å²) in [6.07, 6.45) is -1.25. The summed E-state index contributed by atoms with van der Waals surface area (Å²) in [7, 11) is 0. The third-order valence-electron chi connectivity index (χ3n) is 0. The Kier molecular flexibility index (Phi) is 34.6. The van der Waals surface area contributed by atoms with Crippen LogP contribution in [0.15, 0.2) is 0 Å². The normalized spacial score (nSPS) is 8.31. The molecular weight excluding hydrogens is 301 g/mol. The molecule has 0 radical (unpaired) electrons. The third-order valence-corrected chi connectivity index (χ3v) is 0. The van der Waals surface area contributed by atoms with E-state index in [4.69, 9.17) is 0 Å². The Bertz CT molecular complexity index is 43.4. The van der Waals surface area contributed by atoms with Crippen molar-refractivity contribution in [3.63, 3.8) is 0 Å². The van der Waals surface area contributed by atoms with Gasteiger partial charge in [0, 0.05) is 0 Å². The first-order valence-electron chi connectivity index (χ1n) is 4.17. The van der Waals surface area contributed by atoms with Gasteiger partial charge in [0.1, 0.15) is 0 Å². The van der Waals surface area contributed by atoms with Gasteiger partial charge in [-0.15, -0.1) is 18.3 Å². The van der Waals surface area contributed by atoms with Crippen molar-refractivity contribution in [1.82, 2.24) is 0 Å². The predicted molar refractivity (Wildman–Crippen MR) is 45.4 cm³/mol. The van der Waals surface area contributed by atoms with E-state index in [2.05, 4.69) is 0 Å². The van der Waals surface area contributed by atoms with Gasteiger partial charge in [-0.2, -0.15) is 0 Å². The zero-order valence-corrected chi connectivity index (χ0v) is 12.3. The van der Waals surface area contributed by atoms with Gasteiger partial charge < -0.3 is 15.3 Å². The number of hydrogen-bond acceptors (Lipinski definition) is 3. The summed E-state index contributed by atoms with van der Waals surface area (Å²) < 4.78 is 0. The van der Waals surface area contributed by atoms with E-state index in [1.165, 1.54) is 0 Å². The van der Waals surface area contributed by atoms with Crippen molar-refractivity contribution in [1.29, 1.82) is 0 Å².